The van der Waals surface area contributed by atoms with E-state index in [-0.39, 0.29) is 15.7 Å². The summed E-state index contributed by atoms with van der Waals surface area (Å²) in [5, 5.41) is 10.4. The van der Waals surface area contributed by atoms with Crippen LogP contribution in [0.25, 0.3) is 0 Å². The van der Waals surface area contributed by atoms with Gasteiger partial charge in [0.2, 0.25) is 11.8 Å². The number of amides is 2. The van der Waals surface area contributed by atoms with E-state index >= 15 is 0 Å². The van der Waals surface area contributed by atoms with Gasteiger partial charge in [0.05, 0.1) is 15.6 Å². The predicted molar refractivity (Wildman–Crippen MR) is 67.0 cm³/mol. The molecule has 0 heterocycles. The molecule has 2 amide bonds. The summed E-state index contributed by atoms with van der Waals surface area (Å²) in [5.74, 6) is -1.27. The first-order valence-electron chi connectivity index (χ1n) is 4.71. The van der Waals surface area contributed by atoms with E-state index in [0.717, 1.165) is 19.9 Å². The van der Waals surface area contributed by atoms with Crippen LogP contribution in [0.5, 0.6) is 0 Å². The van der Waals surface area contributed by atoms with E-state index in [1.54, 1.807) is 0 Å². The zero-order valence-electron chi connectivity index (χ0n) is 9.44. The molecule has 6 nitrogen and oxygen atoms in total. The molecular weight excluding hydrogens is 283 g/mol. The van der Waals surface area contributed by atoms with E-state index in [1.807, 2.05) is 0 Å². The molecule has 0 aliphatic rings. The van der Waals surface area contributed by atoms with Gasteiger partial charge in [0.1, 0.15) is 5.02 Å². The predicted octanol–water partition coefficient (Wildman–Crippen LogP) is 2.80. The largest absolute Gasteiger partial charge is 0.290 e. The number of carbonyl (C=O) groups is 2. The van der Waals surface area contributed by atoms with Crippen molar-refractivity contribution < 1.29 is 14.5 Å². The van der Waals surface area contributed by atoms with E-state index < -0.39 is 22.4 Å². The van der Waals surface area contributed by atoms with Gasteiger partial charge in [-0.3, -0.25) is 19.7 Å². The zero-order valence-corrected chi connectivity index (χ0v) is 10.9. The highest BCUT2D eigenvalue weighted by atomic mass is 35.5. The number of anilines is 1. The monoisotopic (exact) mass is 290 g/mol. The van der Waals surface area contributed by atoms with Crippen molar-refractivity contribution in [3.8, 4) is 0 Å². The molecule has 8 heteroatoms. The average molecular weight is 291 g/mol. The van der Waals surface area contributed by atoms with Crippen LogP contribution in [0.1, 0.15) is 13.8 Å². The van der Waals surface area contributed by atoms with Crippen molar-refractivity contribution in [1.82, 2.24) is 0 Å². The number of hydrogen-bond acceptors (Lipinski definition) is 4. The van der Waals surface area contributed by atoms with Gasteiger partial charge in [-0.2, -0.15) is 0 Å². The Kier molecular flexibility index (Phi) is 4.26. The average Bonchev–Trinajstić information content (AvgIpc) is 2.21. The molecule has 1 rings (SSSR count). The molecule has 0 bridgehead atoms. The normalized spacial score (nSPS) is 10.0. The molecule has 1 aromatic rings. The molecule has 0 N–H and O–H groups in total. The molecule has 0 aromatic heterocycles. The topological polar surface area (TPSA) is 80.5 Å². The second kappa shape index (κ2) is 5.32. The zero-order chi connectivity index (χ0) is 14.0. The quantitative estimate of drug-likeness (QED) is 0.619. The number of halogens is 2. The first kappa shape index (κ1) is 14.4. The van der Waals surface area contributed by atoms with Gasteiger partial charge >= 0.3 is 0 Å². The highest BCUT2D eigenvalue weighted by Crippen LogP contribution is 2.40. The molecule has 0 spiro atoms. The van der Waals surface area contributed by atoms with Crippen LogP contribution in [0.3, 0.4) is 0 Å². The van der Waals surface area contributed by atoms with Gasteiger partial charge in [0.25, 0.3) is 5.69 Å². The summed E-state index contributed by atoms with van der Waals surface area (Å²) in [7, 11) is 0. The Bertz CT molecular complexity index is 531. The molecular formula is C10H8Cl2N2O4. The van der Waals surface area contributed by atoms with Gasteiger partial charge in [0.15, 0.2) is 0 Å². The van der Waals surface area contributed by atoms with Crippen LogP contribution in [0.15, 0.2) is 12.1 Å². The number of rotatable bonds is 2. The second-order valence-corrected chi connectivity index (χ2v) is 4.14. The number of nitrogens with zero attached hydrogens (tertiary/aromatic N) is 2. The summed E-state index contributed by atoms with van der Waals surface area (Å²) in [6.45, 7) is 2.26. The van der Waals surface area contributed by atoms with Crippen molar-refractivity contribution >= 4 is 46.4 Å². The van der Waals surface area contributed by atoms with Crippen LogP contribution in [0.2, 0.25) is 10.0 Å². The fraction of sp³-hybridized carbons (Fsp3) is 0.200. The van der Waals surface area contributed by atoms with Crippen LogP contribution in [-0.2, 0) is 9.59 Å². The maximum absolute atomic E-state index is 11.4. The number of carbonyl (C=O) groups excluding carboxylic acids is 2. The Morgan fingerprint density at radius 3 is 2.11 bits per heavy atom. The number of hydrogen-bond donors (Lipinski definition) is 0. The highest BCUT2D eigenvalue weighted by molar-refractivity contribution is 6.42. The fourth-order valence-electron chi connectivity index (χ4n) is 1.41. The molecule has 96 valence electrons. The molecule has 0 saturated carbocycles. The SMILES string of the molecule is CC(=O)N(C(C)=O)c1c(Cl)ccc([N+](=O)[O-])c1Cl. The minimum absolute atomic E-state index is 0.0176. The molecule has 0 aliphatic carbocycles. The van der Waals surface area contributed by atoms with Crippen LogP contribution in [-0.4, -0.2) is 16.7 Å². The summed E-state index contributed by atoms with van der Waals surface area (Å²) in [4.78, 5) is 33.5. The van der Waals surface area contributed by atoms with Gasteiger partial charge in [-0.25, -0.2) is 4.90 Å². The van der Waals surface area contributed by atoms with E-state index in [4.69, 9.17) is 23.2 Å². The molecule has 0 saturated heterocycles. The first-order chi connectivity index (χ1) is 8.27. The Morgan fingerprint density at radius 1 is 1.22 bits per heavy atom. The summed E-state index contributed by atoms with van der Waals surface area (Å²) in [6.07, 6.45) is 0. The molecule has 0 aliphatic heterocycles. The lowest BCUT2D eigenvalue weighted by Gasteiger charge is -2.19. The summed E-state index contributed by atoms with van der Waals surface area (Å²) in [6, 6.07) is 2.31. The van der Waals surface area contributed by atoms with E-state index in [9.17, 15) is 19.7 Å². The lowest BCUT2D eigenvalue weighted by molar-refractivity contribution is -0.384. The van der Waals surface area contributed by atoms with E-state index in [2.05, 4.69) is 0 Å². The van der Waals surface area contributed by atoms with Crippen molar-refractivity contribution in [2.75, 3.05) is 4.90 Å². The maximum Gasteiger partial charge on any atom is 0.290 e. The molecule has 1 aromatic carbocycles. The van der Waals surface area contributed by atoms with Crippen LogP contribution in [0, 0.1) is 10.1 Å². The van der Waals surface area contributed by atoms with E-state index in [1.165, 1.54) is 6.07 Å². The summed E-state index contributed by atoms with van der Waals surface area (Å²) < 4.78 is 0. The van der Waals surface area contributed by atoms with Crippen molar-refractivity contribution in [2.24, 2.45) is 0 Å². The van der Waals surface area contributed by atoms with Crippen LogP contribution >= 0.6 is 23.2 Å². The molecule has 0 unspecified atom stereocenters. The van der Waals surface area contributed by atoms with Gasteiger partial charge in [-0.1, -0.05) is 23.2 Å². The van der Waals surface area contributed by atoms with Gasteiger partial charge in [0, 0.05) is 19.9 Å². The smallest absolute Gasteiger partial charge is 0.274 e. The Labute approximate surface area is 112 Å². The Balaban J connectivity index is 3.56. The van der Waals surface area contributed by atoms with Gasteiger partial charge in [-0.15, -0.1) is 0 Å². The van der Waals surface area contributed by atoms with Crippen molar-refractivity contribution in [3.63, 3.8) is 0 Å². The van der Waals surface area contributed by atoms with Gasteiger partial charge in [-0.05, 0) is 6.07 Å². The van der Waals surface area contributed by atoms with Crippen molar-refractivity contribution in [2.45, 2.75) is 13.8 Å². The summed E-state index contributed by atoms with van der Waals surface area (Å²) in [5.41, 5.74) is -0.601. The van der Waals surface area contributed by atoms with Crippen LogP contribution in [0.4, 0.5) is 11.4 Å². The molecule has 18 heavy (non-hydrogen) atoms. The third kappa shape index (κ3) is 2.60. The minimum atomic E-state index is -0.722. The minimum Gasteiger partial charge on any atom is -0.274 e. The highest BCUT2D eigenvalue weighted by Gasteiger charge is 2.27. The molecule has 0 radical (unpaired) electrons. The second-order valence-electron chi connectivity index (χ2n) is 3.36. The number of nitro benzene ring substituents is 1. The van der Waals surface area contributed by atoms with Crippen molar-refractivity contribution in [1.29, 1.82) is 0 Å². The standard InChI is InChI=1S/C10H8Cl2N2O4/c1-5(15)13(6(2)16)10-7(11)3-4-8(9(10)12)14(17)18/h3-4H,1-2H3. The van der Waals surface area contributed by atoms with Gasteiger partial charge < -0.3 is 0 Å². The maximum atomic E-state index is 11.4. The Morgan fingerprint density at radius 2 is 1.72 bits per heavy atom. The molecule has 0 atom stereocenters. The number of benzene rings is 1. The summed E-state index contributed by atoms with van der Waals surface area (Å²) >= 11 is 11.7. The Hall–Kier alpha value is -1.66. The third-order valence-electron chi connectivity index (χ3n) is 2.10. The first-order valence-corrected chi connectivity index (χ1v) is 5.46. The lowest BCUT2D eigenvalue weighted by Crippen LogP contribution is -2.33. The van der Waals surface area contributed by atoms with Crippen molar-refractivity contribution in [3.05, 3.63) is 32.3 Å². The lowest BCUT2D eigenvalue weighted by atomic mass is 10.2. The van der Waals surface area contributed by atoms with Crippen LogP contribution < -0.4 is 4.90 Å². The van der Waals surface area contributed by atoms with E-state index in [0.29, 0.717) is 4.90 Å². The number of nitro groups is 1. The fourth-order valence-corrected chi connectivity index (χ4v) is 2.02. The third-order valence-corrected chi connectivity index (χ3v) is 2.77. The number of imide groups is 1. The molecule has 0 fully saturated rings.